The zero-order valence-corrected chi connectivity index (χ0v) is 12.4. The van der Waals surface area contributed by atoms with Crippen molar-refractivity contribution >= 4 is 0 Å². The van der Waals surface area contributed by atoms with E-state index >= 15 is 0 Å². The SMILES string of the molecule is C.C.CCC(C)CCCC(CC)CCC(C)CC. The molecule has 114 valence electrons. The van der Waals surface area contributed by atoms with Gasteiger partial charge in [0, 0.05) is 0 Å². The molecule has 0 heterocycles. The van der Waals surface area contributed by atoms with Gasteiger partial charge in [-0.3, -0.25) is 0 Å². The van der Waals surface area contributed by atoms with Gasteiger partial charge in [-0.15, -0.1) is 0 Å². The van der Waals surface area contributed by atoms with E-state index in [2.05, 4.69) is 34.6 Å². The molecule has 0 aliphatic heterocycles. The smallest absolute Gasteiger partial charge is 0.0417 e. The maximum atomic E-state index is 2.39. The zero-order chi connectivity index (χ0) is 12.4. The summed E-state index contributed by atoms with van der Waals surface area (Å²) in [5.41, 5.74) is 0. The van der Waals surface area contributed by atoms with Crippen LogP contribution in [0.2, 0.25) is 0 Å². The van der Waals surface area contributed by atoms with Crippen LogP contribution in [0.1, 0.15) is 101 Å². The molecule has 18 heavy (non-hydrogen) atoms. The zero-order valence-electron chi connectivity index (χ0n) is 12.4. The Bertz CT molecular complexity index is 139. The lowest BCUT2D eigenvalue weighted by Gasteiger charge is -2.18. The van der Waals surface area contributed by atoms with Gasteiger partial charge < -0.3 is 0 Å². The third-order valence-corrected chi connectivity index (χ3v) is 4.35. The fourth-order valence-electron chi connectivity index (χ4n) is 2.24. The molecule has 3 unspecified atom stereocenters. The van der Waals surface area contributed by atoms with Crippen molar-refractivity contribution in [2.24, 2.45) is 17.8 Å². The lowest BCUT2D eigenvalue weighted by Crippen LogP contribution is -2.03. The first kappa shape index (κ1) is 23.1. The van der Waals surface area contributed by atoms with Gasteiger partial charge in [-0.25, -0.2) is 0 Å². The first-order chi connectivity index (χ1) is 7.63. The van der Waals surface area contributed by atoms with Gasteiger partial charge in [0.15, 0.2) is 0 Å². The standard InChI is InChI=1S/C16H34.2CH4/c1-6-14(4)10-9-11-16(8-3)13-12-15(5)7-2;;/h14-16H,6-13H2,1-5H3;2*1H4. The number of hydrogen-bond acceptors (Lipinski definition) is 0. The normalized spacial score (nSPS) is 15.2. The minimum atomic E-state index is 0. The van der Waals surface area contributed by atoms with Crippen LogP contribution < -0.4 is 0 Å². The molecule has 0 aromatic carbocycles. The molecule has 0 aliphatic rings. The minimum absolute atomic E-state index is 0. The Kier molecular flexibility index (Phi) is 19.3. The van der Waals surface area contributed by atoms with Crippen LogP contribution in [0.4, 0.5) is 0 Å². The Hall–Kier alpha value is 0. The van der Waals surface area contributed by atoms with E-state index in [4.69, 9.17) is 0 Å². The maximum Gasteiger partial charge on any atom is -0.0417 e. The first-order valence-corrected chi connectivity index (χ1v) is 7.63. The predicted molar refractivity (Wildman–Crippen MR) is 89.2 cm³/mol. The van der Waals surface area contributed by atoms with Crippen LogP contribution in [0.25, 0.3) is 0 Å². The van der Waals surface area contributed by atoms with Crippen LogP contribution in [0.15, 0.2) is 0 Å². The Labute approximate surface area is 119 Å². The highest BCUT2D eigenvalue weighted by atomic mass is 14.1. The van der Waals surface area contributed by atoms with Crippen LogP contribution in [-0.2, 0) is 0 Å². The Balaban J connectivity index is -0.00000112. The maximum absolute atomic E-state index is 2.39. The summed E-state index contributed by atoms with van der Waals surface area (Å²) in [6.07, 6.45) is 11.4. The molecule has 0 aliphatic carbocycles. The predicted octanol–water partition coefficient (Wildman–Crippen LogP) is 7.33. The summed E-state index contributed by atoms with van der Waals surface area (Å²) in [4.78, 5) is 0. The van der Waals surface area contributed by atoms with Gasteiger partial charge in [0.25, 0.3) is 0 Å². The highest BCUT2D eigenvalue weighted by Crippen LogP contribution is 2.23. The second kappa shape index (κ2) is 15.1. The second-order valence-corrected chi connectivity index (χ2v) is 5.81. The number of hydrogen-bond donors (Lipinski definition) is 0. The third kappa shape index (κ3) is 12.5. The molecule has 0 fully saturated rings. The molecule has 0 rings (SSSR count). The van der Waals surface area contributed by atoms with Crippen LogP contribution in [0.3, 0.4) is 0 Å². The van der Waals surface area contributed by atoms with E-state index in [0.717, 1.165) is 17.8 Å². The van der Waals surface area contributed by atoms with E-state index in [-0.39, 0.29) is 14.9 Å². The summed E-state index contributed by atoms with van der Waals surface area (Å²) in [6, 6.07) is 0. The first-order valence-electron chi connectivity index (χ1n) is 7.63. The summed E-state index contributed by atoms with van der Waals surface area (Å²) in [7, 11) is 0. The molecule has 0 aromatic rings. The Morgan fingerprint density at radius 2 is 1.11 bits per heavy atom. The molecule has 0 nitrogen and oxygen atoms in total. The van der Waals surface area contributed by atoms with Gasteiger partial charge in [-0.05, 0) is 17.8 Å². The van der Waals surface area contributed by atoms with E-state index in [1.807, 2.05) is 0 Å². The molecule has 0 aromatic heterocycles. The van der Waals surface area contributed by atoms with E-state index in [1.165, 1.54) is 51.4 Å². The molecule has 3 atom stereocenters. The van der Waals surface area contributed by atoms with E-state index in [1.54, 1.807) is 0 Å². The van der Waals surface area contributed by atoms with Crippen molar-refractivity contribution in [3.8, 4) is 0 Å². The van der Waals surface area contributed by atoms with Crippen molar-refractivity contribution < 1.29 is 0 Å². The summed E-state index contributed by atoms with van der Waals surface area (Å²) < 4.78 is 0. The van der Waals surface area contributed by atoms with Crippen molar-refractivity contribution in [1.82, 2.24) is 0 Å². The number of rotatable bonds is 10. The average molecular weight is 259 g/mol. The minimum Gasteiger partial charge on any atom is -0.0776 e. The highest BCUT2D eigenvalue weighted by Gasteiger charge is 2.09. The second-order valence-electron chi connectivity index (χ2n) is 5.81. The van der Waals surface area contributed by atoms with Crippen molar-refractivity contribution in [3.63, 3.8) is 0 Å². The van der Waals surface area contributed by atoms with Gasteiger partial charge in [0.1, 0.15) is 0 Å². The largest absolute Gasteiger partial charge is 0.0776 e. The quantitative estimate of drug-likeness (QED) is 0.385. The topological polar surface area (TPSA) is 0 Å². The van der Waals surface area contributed by atoms with Crippen LogP contribution in [0.5, 0.6) is 0 Å². The average Bonchev–Trinajstić information content (AvgIpc) is 2.32. The van der Waals surface area contributed by atoms with E-state index in [9.17, 15) is 0 Å². The lowest BCUT2D eigenvalue weighted by molar-refractivity contribution is 0.352. The molecular weight excluding hydrogens is 216 g/mol. The molecule has 0 N–H and O–H groups in total. The highest BCUT2D eigenvalue weighted by molar-refractivity contribution is 4.62. The lowest BCUT2D eigenvalue weighted by atomic mass is 9.88. The third-order valence-electron chi connectivity index (χ3n) is 4.35. The molecular formula is C18H42. The fraction of sp³-hybridized carbons (Fsp3) is 1.00. The van der Waals surface area contributed by atoms with Gasteiger partial charge in [-0.1, -0.05) is 101 Å². The van der Waals surface area contributed by atoms with Crippen LogP contribution >= 0.6 is 0 Å². The Morgan fingerprint density at radius 3 is 1.56 bits per heavy atom. The summed E-state index contributed by atoms with van der Waals surface area (Å²) in [6.45, 7) is 11.8. The molecule has 0 saturated carbocycles. The van der Waals surface area contributed by atoms with E-state index in [0.29, 0.717) is 0 Å². The van der Waals surface area contributed by atoms with Gasteiger partial charge in [0.05, 0.1) is 0 Å². The monoisotopic (exact) mass is 258 g/mol. The fourth-order valence-corrected chi connectivity index (χ4v) is 2.24. The van der Waals surface area contributed by atoms with Crippen molar-refractivity contribution in [3.05, 3.63) is 0 Å². The van der Waals surface area contributed by atoms with Gasteiger partial charge in [-0.2, -0.15) is 0 Å². The van der Waals surface area contributed by atoms with Crippen LogP contribution in [-0.4, -0.2) is 0 Å². The van der Waals surface area contributed by atoms with Gasteiger partial charge in [0.2, 0.25) is 0 Å². The van der Waals surface area contributed by atoms with Crippen molar-refractivity contribution in [1.29, 1.82) is 0 Å². The van der Waals surface area contributed by atoms with Crippen LogP contribution in [0, 0.1) is 17.8 Å². The molecule has 0 radical (unpaired) electrons. The van der Waals surface area contributed by atoms with Crippen molar-refractivity contribution in [2.75, 3.05) is 0 Å². The van der Waals surface area contributed by atoms with E-state index < -0.39 is 0 Å². The molecule has 0 saturated heterocycles. The van der Waals surface area contributed by atoms with Gasteiger partial charge >= 0.3 is 0 Å². The Morgan fingerprint density at radius 1 is 0.611 bits per heavy atom. The molecule has 0 spiro atoms. The molecule has 0 bridgehead atoms. The molecule has 0 amide bonds. The van der Waals surface area contributed by atoms with Crippen molar-refractivity contribution in [2.45, 2.75) is 101 Å². The summed E-state index contributed by atoms with van der Waals surface area (Å²) in [5, 5.41) is 0. The molecule has 0 heteroatoms. The summed E-state index contributed by atoms with van der Waals surface area (Å²) in [5.74, 6) is 2.87. The summed E-state index contributed by atoms with van der Waals surface area (Å²) >= 11 is 0.